The Hall–Kier alpha value is -3.48. The van der Waals surface area contributed by atoms with Crippen molar-refractivity contribution in [3.63, 3.8) is 0 Å². The van der Waals surface area contributed by atoms with Gasteiger partial charge in [0.1, 0.15) is 12.3 Å². The second-order valence-corrected chi connectivity index (χ2v) is 4.91. The fourth-order valence-corrected chi connectivity index (χ4v) is 2.15. The predicted octanol–water partition coefficient (Wildman–Crippen LogP) is 2.23. The molecule has 0 radical (unpaired) electrons. The smallest absolute Gasteiger partial charge is 0.287 e. The number of carbonyl (C=O) groups excluding carboxylic acids is 2. The van der Waals surface area contributed by atoms with Crippen molar-refractivity contribution in [2.75, 3.05) is 0 Å². The van der Waals surface area contributed by atoms with E-state index < -0.39 is 5.91 Å². The van der Waals surface area contributed by atoms with Gasteiger partial charge in [-0.2, -0.15) is 0 Å². The molecule has 0 spiro atoms. The lowest BCUT2D eigenvalue weighted by Gasteiger charge is -2.06. The number of pyridine rings is 1. The van der Waals surface area contributed by atoms with Crippen LogP contribution in [-0.2, 0) is 6.61 Å². The first kappa shape index (κ1) is 15.4. The minimum atomic E-state index is -0.729. The van der Waals surface area contributed by atoms with E-state index in [0.717, 1.165) is 5.56 Å². The molecule has 0 aliphatic heterocycles. The highest BCUT2D eigenvalue weighted by molar-refractivity contribution is 5.93. The molecule has 0 fully saturated rings. The third kappa shape index (κ3) is 3.14. The number of nitrogens with two attached hydrogens (primary N) is 1. The van der Waals surface area contributed by atoms with Crippen LogP contribution in [0.15, 0.2) is 53.2 Å². The summed E-state index contributed by atoms with van der Waals surface area (Å²) in [6.45, 7) is -0.000559. The van der Waals surface area contributed by atoms with E-state index in [2.05, 4.69) is 10.1 Å². The van der Waals surface area contributed by atoms with Gasteiger partial charge in [-0.25, -0.2) is 4.98 Å². The van der Waals surface area contributed by atoms with Crippen molar-refractivity contribution in [3.8, 4) is 17.1 Å². The first-order chi connectivity index (χ1) is 11.7. The number of amides is 1. The van der Waals surface area contributed by atoms with Crippen LogP contribution in [0, 0.1) is 0 Å². The molecular formula is C17H13N3O4. The first-order valence-electron chi connectivity index (χ1n) is 7.07. The van der Waals surface area contributed by atoms with Crippen LogP contribution >= 0.6 is 0 Å². The molecule has 0 aliphatic rings. The zero-order valence-electron chi connectivity index (χ0n) is 12.5. The van der Waals surface area contributed by atoms with Crippen LogP contribution in [0.25, 0.3) is 11.3 Å². The van der Waals surface area contributed by atoms with Gasteiger partial charge in [0.25, 0.3) is 5.91 Å². The van der Waals surface area contributed by atoms with Crippen LogP contribution in [0.2, 0.25) is 0 Å². The molecule has 0 atom stereocenters. The van der Waals surface area contributed by atoms with E-state index in [1.807, 2.05) is 30.3 Å². The van der Waals surface area contributed by atoms with E-state index in [1.54, 1.807) is 12.1 Å². The molecule has 0 bridgehead atoms. The van der Waals surface area contributed by atoms with Crippen molar-refractivity contribution in [2.45, 2.75) is 6.61 Å². The van der Waals surface area contributed by atoms with Crippen LogP contribution in [0.3, 0.4) is 0 Å². The summed E-state index contributed by atoms with van der Waals surface area (Å²) in [5.41, 5.74) is 7.46. The van der Waals surface area contributed by atoms with Crippen molar-refractivity contribution in [1.82, 2.24) is 10.1 Å². The SMILES string of the molecule is NC(=O)c1onc(-c2ccccc2)c1COc1ccc(C=O)cn1. The Morgan fingerprint density at radius 1 is 1.21 bits per heavy atom. The van der Waals surface area contributed by atoms with Gasteiger partial charge < -0.3 is 15.0 Å². The topological polar surface area (TPSA) is 108 Å². The molecule has 1 amide bonds. The van der Waals surface area contributed by atoms with Gasteiger partial charge in [-0.1, -0.05) is 35.5 Å². The van der Waals surface area contributed by atoms with Gasteiger partial charge in [-0.05, 0) is 6.07 Å². The first-order valence-corrected chi connectivity index (χ1v) is 7.07. The van der Waals surface area contributed by atoms with E-state index in [-0.39, 0.29) is 12.4 Å². The number of rotatable bonds is 6. The van der Waals surface area contributed by atoms with Crippen molar-refractivity contribution in [1.29, 1.82) is 0 Å². The number of ether oxygens (including phenoxy) is 1. The second kappa shape index (κ2) is 6.74. The minimum absolute atomic E-state index is 0.000559. The van der Waals surface area contributed by atoms with Gasteiger partial charge >= 0.3 is 0 Å². The summed E-state index contributed by atoms with van der Waals surface area (Å²) in [5.74, 6) is -0.484. The standard InChI is InChI=1S/C17H13N3O4/c18-17(22)16-13(10-23-14-7-6-11(9-21)8-19-14)15(20-24-16)12-4-2-1-3-5-12/h1-9H,10H2,(H2,18,22). The zero-order valence-corrected chi connectivity index (χ0v) is 12.5. The largest absolute Gasteiger partial charge is 0.473 e. The van der Waals surface area contributed by atoms with E-state index in [1.165, 1.54) is 6.20 Å². The average Bonchev–Trinajstić information content (AvgIpc) is 3.05. The molecule has 3 rings (SSSR count). The Morgan fingerprint density at radius 3 is 2.62 bits per heavy atom. The number of aromatic nitrogens is 2. The van der Waals surface area contributed by atoms with Gasteiger partial charge in [0.15, 0.2) is 6.29 Å². The van der Waals surface area contributed by atoms with Crippen LogP contribution < -0.4 is 10.5 Å². The molecule has 7 nitrogen and oxygen atoms in total. The molecule has 1 aromatic carbocycles. The second-order valence-electron chi connectivity index (χ2n) is 4.91. The summed E-state index contributed by atoms with van der Waals surface area (Å²) in [7, 11) is 0. The van der Waals surface area contributed by atoms with Gasteiger partial charge in [-0.15, -0.1) is 0 Å². The normalized spacial score (nSPS) is 10.3. The van der Waals surface area contributed by atoms with E-state index in [4.69, 9.17) is 15.0 Å². The summed E-state index contributed by atoms with van der Waals surface area (Å²) in [4.78, 5) is 26.2. The minimum Gasteiger partial charge on any atom is -0.473 e. The molecule has 2 heterocycles. The number of aldehydes is 1. The number of nitrogens with zero attached hydrogens (tertiary/aromatic N) is 2. The molecule has 120 valence electrons. The van der Waals surface area contributed by atoms with Crippen LogP contribution in [-0.4, -0.2) is 22.3 Å². The summed E-state index contributed by atoms with van der Waals surface area (Å²) in [6.07, 6.45) is 2.08. The van der Waals surface area contributed by atoms with E-state index in [9.17, 15) is 9.59 Å². The molecule has 0 saturated carbocycles. The lowest BCUT2D eigenvalue weighted by Crippen LogP contribution is -2.13. The molecule has 7 heteroatoms. The van der Waals surface area contributed by atoms with Crippen molar-refractivity contribution < 1.29 is 18.8 Å². The van der Waals surface area contributed by atoms with Crippen molar-refractivity contribution in [2.24, 2.45) is 5.73 Å². The fraction of sp³-hybridized carbons (Fsp3) is 0.0588. The molecule has 0 saturated heterocycles. The number of hydrogen-bond acceptors (Lipinski definition) is 6. The molecule has 0 unspecified atom stereocenters. The van der Waals surface area contributed by atoms with Gasteiger partial charge in [0.2, 0.25) is 11.6 Å². The highest BCUT2D eigenvalue weighted by Crippen LogP contribution is 2.26. The maximum atomic E-state index is 11.5. The maximum Gasteiger partial charge on any atom is 0.287 e. The average molecular weight is 323 g/mol. The lowest BCUT2D eigenvalue weighted by molar-refractivity contribution is 0.0961. The summed E-state index contributed by atoms with van der Waals surface area (Å²) >= 11 is 0. The molecular weight excluding hydrogens is 310 g/mol. The van der Waals surface area contributed by atoms with Crippen LogP contribution in [0.5, 0.6) is 5.88 Å². The molecule has 2 N–H and O–H groups in total. The number of hydrogen-bond donors (Lipinski definition) is 1. The van der Waals surface area contributed by atoms with Gasteiger partial charge in [0, 0.05) is 23.4 Å². The monoisotopic (exact) mass is 323 g/mol. The molecule has 0 aliphatic carbocycles. The Labute approximate surface area is 137 Å². The summed E-state index contributed by atoms with van der Waals surface area (Å²) in [5, 5.41) is 3.92. The Kier molecular flexibility index (Phi) is 4.33. The summed E-state index contributed by atoms with van der Waals surface area (Å²) in [6, 6.07) is 12.4. The fourth-order valence-electron chi connectivity index (χ4n) is 2.15. The van der Waals surface area contributed by atoms with Gasteiger partial charge in [0.05, 0.1) is 5.56 Å². The maximum absolute atomic E-state index is 11.5. The van der Waals surface area contributed by atoms with Crippen molar-refractivity contribution in [3.05, 3.63) is 65.5 Å². The highest BCUT2D eigenvalue weighted by Gasteiger charge is 2.22. The third-order valence-electron chi connectivity index (χ3n) is 3.32. The Morgan fingerprint density at radius 2 is 2.00 bits per heavy atom. The van der Waals surface area contributed by atoms with E-state index in [0.29, 0.717) is 29.0 Å². The zero-order chi connectivity index (χ0) is 16.9. The number of primary amides is 1. The number of benzene rings is 1. The Balaban J connectivity index is 1.89. The summed E-state index contributed by atoms with van der Waals surface area (Å²) < 4.78 is 10.6. The Bertz CT molecular complexity index is 857. The molecule has 3 aromatic rings. The van der Waals surface area contributed by atoms with Gasteiger partial charge in [-0.3, -0.25) is 9.59 Å². The third-order valence-corrected chi connectivity index (χ3v) is 3.32. The van der Waals surface area contributed by atoms with E-state index >= 15 is 0 Å². The van der Waals surface area contributed by atoms with Crippen molar-refractivity contribution >= 4 is 12.2 Å². The lowest BCUT2D eigenvalue weighted by atomic mass is 10.1. The highest BCUT2D eigenvalue weighted by atomic mass is 16.5. The molecule has 24 heavy (non-hydrogen) atoms. The predicted molar refractivity (Wildman–Crippen MR) is 84.4 cm³/mol. The van der Waals surface area contributed by atoms with Crippen LogP contribution in [0.1, 0.15) is 26.5 Å². The number of carbonyl (C=O) groups is 2. The van der Waals surface area contributed by atoms with Crippen LogP contribution in [0.4, 0.5) is 0 Å². The quantitative estimate of drug-likeness (QED) is 0.697. The molecule has 2 aromatic heterocycles.